The van der Waals surface area contributed by atoms with Crippen LogP contribution in [-0.4, -0.2) is 43.4 Å². The van der Waals surface area contributed by atoms with Crippen LogP contribution in [0.2, 0.25) is 0 Å². The Labute approximate surface area is 171 Å². The minimum atomic E-state index is -0.973. The molecule has 0 spiro atoms. The van der Waals surface area contributed by atoms with Gasteiger partial charge in [0.15, 0.2) is 0 Å². The molecule has 2 aromatic rings. The van der Waals surface area contributed by atoms with Crippen molar-refractivity contribution in [2.24, 2.45) is 0 Å². The lowest BCUT2D eigenvalue weighted by Crippen LogP contribution is -2.49. The van der Waals surface area contributed by atoms with Gasteiger partial charge in [-0.1, -0.05) is 28.1 Å². The van der Waals surface area contributed by atoms with Gasteiger partial charge in [0.2, 0.25) is 5.91 Å². The molecule has 0 saturated carbocycles. The number of carbonyl (C=O) groups is 1. The quantitative estimate of drug-likeness (QED) is 0.513. The summed E-state index contributed by atoms with van der Waals surface area (Å²) in [6.07, 6.45) is -0.900. The Morgan fingerprint density at radius 2 is 1.89 bits per heavy atom. The summed E-state index contributed by atoms with van der Waals surface area (Å²) in [5.74, 6) is -1.84. The molecule has 0 aliphatic heterocycles. The summed E-state index contributed by atoms with van der Waals surface area (Å²) in [5.41, 5.74) is 1.36. The molecule has 0 bridgehead atoms. The maximum atomic E-state index is 13.5. The molecule has 3 N–H and O–H groups in total. The molecule has 0 fully saturated rings. The van der Waals surface area contributed by atoms with Crippen LogP contribution >= 0.6 is 15.9 Å². The fraction of sp³-hybridized carbons (Fsp3) is 0.350. The number of amides is 1. The molecular weight excluding hydrogens is 434 g/mol. The van der Waals surface area contributed by atoms with Crippen LogP contribution in [0.4, 0.5) is 8.78 Å². The van der Waals surface area contributed by atoms with Gasteiger partial charge in [-0.05, 0) is 41.8 Å². The Morgan fingerprint density at radius 3 is 2.54 bits per heavy atom. The van der Waals surface area contributed by atoms with Crippen molar-refractivity contribution in [1.29, 1.82) is 0 Å². The van der Waals surface area contributed by atoms with Gasteiger partial charge in [0.1, 0.15) is 18.2 Å². The van der Waals surface area contributed by atoms with E-state index >= 15 is 0 Å². The molecular formula is C20H23BrF2N2O3. The molecule has 8 heteroatoms. The summed E-state index contributed by atoms with van der Waals surface area (Å²) < 4.78 is 32.7. The molecule has 1 amide bonds. The SMILES string of the molecule is COCC(=O)N[C@@H](Cc1cc(F)cc(F)c1)[C@H](O)CNCc1cccc(Br)c1. The molecule has 0 aliphatic rings. The van der Waals surface area contributed by atoms with Crippen molar-refractivity contribution in [1.82, 2.24) is 10.6 Å². The van der Waals surface area contributed by atoms with E-state index in [1.165, 1.54) is 19.2 Å². The number of halogens is 3. The average molecular weight is 457 g/mol. The Bertz CT molecular complexity index is 772. The molecule has 0 aliphatic carbocycles. The van der Waals surface area contributed by atoms with Crippen LogP contribution in [0, 0.1) is 11.6 Å². The van der Waals surface area contributed by atoms with Crippen LogP contribution in [-0.2, 0) is 22.5 Å². The summed E-state index contributed by atoms with van der Waals surface area (Å²) in [7, 11) is 1.38. The lowest BCUT2D eigenvalue weighted by atomic mass is 10.0. The first kappa shape index (κ1) is 22.4. The number of hydrogen-bond acceptors (Lipinski definition) is 4. The smallest absolute Gasteiger partial charge is 0.246 e. The van der Waals surface area contributed by atoms with E-state index in [9.17, 15) is 18.7 Å². The fourth-order valence-corrected chi connectivity index (χ4v) is 3.25. The lowest BCUT2D eigenvalue weighted by molar-refractivity contribution is -0.126. The second kappa shape index (κ2) is 11.2. The molecule has 0 radical (unpaired) electrons. The highest BCUT2D eigenvalue weighted by molar-refractivity contribution is 9.10. The number of aliphatic hydroxyl groups excluding tert-OH is 1. The summed E-state index contributed by atoms with van der Waals surface area (Å²) in [6, 6.07) is 10.1. The van der Waals surface area contributed by atoms with Crippen molar-refractivity contribution >= 4 is 21.8 Å². The van der Waals surface area contributed by atoms with Gasteiger partial charge in [0.25, 0.3) is 0 Å². The standard InChI is InChI=1S/C20H23BrF2N2O3/c1-28-12-20(27)25-18(8-14-6-16(22)9-17(23)7-14)19(26)11-24-10-13-3-2-4-15(21)5-13/h2-7,9,18-19,24,26H,8,10-12H2,1H3,(H,25,27)/t18-,19+/m0/s1. The van der Waals surface area contributed by atoms with Gasteiger partial charge in [0, 0.05) is 30.7 Å². The molecule has 2 aromatic carbocycles. The third-order valence-corrected chi connectivity index (χ3v) is 4.53. The zero-order valence-corrected chi connectivity index (χ0v) is 17.0. The van der Waals surface area contributed by atoms with Gasteiger partial charge in [-0.3, -0.25) is 4.79 Å². The van der Waals surface area contributed by atoms with Gasteiger partial charge in [-0.15, -0.1) is 0 Å². The van der Waals surface area contributed by atoms with Crippen LogP contribution in [0.5, 0.6) is 0 Å². The maximum Gasteiger partial charge on any atom is 0.246 e. The zero-order valence-electron chi connectivity index (χ0n) is 15.4. The van der Waals surface area contributed by atoms with E-state index in [2.05, 4.69) is 26.6 Å². The van der Waals surface area contributed by atoms with E-state index in [-0.39, 0.29) is 19.6 Å². The normalized spacial score (nSPS) is 13.2. The highest BCUT2D eigenvalue weighted by Crippen LogP contribution is 2.13. The molecule has 152 valence electrons. The Hall–Kier alpha value is -1.87. The number of benzene rings is 2. The van der Waals surface area contributed by atoms with Crippen molar-refractivity contribution in [3.05, 3.63) is 69.7 Å². The second-order valence-corrected chi connectivity index (χ2v) is 7.33. The molecule has 0 heterocycles. The number of ether oxygens (including phenoxy) is 1. The molecule has 0 aromatic heterocycles. The van der Waals surface area contributed by atoms with Gasteiger partial charge < -0.3 is 20.5 Å². The minimum absolute atomic E-state index is 0.0733. The topological polar surface area (TPSA) is 70.6 Å². The van der Waals surface area contributed by atoms with Crippen molar-refractivity contribution in [2.45, 2.75) is 25.1 Å². The van der Waals surface area contributed by atoms with Crippen LogP contribution in [0.3, 0.4) is 0 Å². The van der Waals surface area contributed by atoms with Crippen molar-refractivity contribution in [3.8, 4) is 0 Å². The summed E-state index contributed by atoms with van der Waals surface area (Å²) >= 11 is 3.40. The van der Waals surface area contributed by atoms with Crippen LogP contribution in [0.25, 0.3) is 0 Å². The number of rotatable bonds is 10. The monoisotopic (exact) mass is 456 g/mol. The van der Waals surface area contributed by atoms with E-state index in [4.69, 9.17) is 4.74 Å². The first-order chi connectivity index (χ1) is 13.4. The van der Waals surface area contributed by atoms with Crippen molar-refractivity contribution < 1.29 is 23.4 Å². The molecule has 2 atom stereocenters. The fourth-order valence-electron chi connectivity index (χ4n) is 2.80. The zero-order chi connectivity index (χ0) is 20.5. The number of carbonyl (C=O) groups excluding carboxylic acids is 1. The lowest BCUT2D eigenvalue weighted by Gasteiger charge is -2.25. The third kappa shape index (κ3) is 7.63. The first-order valence-corrected chi connectivity index (χ1v) is 9.53. The van der Waals surface area contributed by atoms with Gasteiger partial charge in [-0.2, -0.15) is 0 Å². The molecule has 5 nitrogen and oxygen atoms in total. The van der Waals surface area contributed by atoms with E-state index in [0.29, 0.717) is 12.1 Å². The van der Waals surface area contributed by atoms with Crippen LogP contribution in [0.1, 0.15) is 11.1 Å². The average Bonchev–Trinajstić information content (AvgIpc) is 2.60. The van der Waals surface area contributed by atoms with E-state index in [1.807, 2.05) is 24.3 Å². The number of methoxy groups -OCH3 is 1. The van der Waals surface area contributed by atoms with E-state index < -0.39 is 29.7 Å². The van der Waals surface area contributed by atoms with Crippen LogP contribution in [0.15, 0.2) is 46.9 Å². The Morgan fingerprint density at radius 1 is 1.18 bits per heavy atom. The van der Waals surface area contributed by atoms with Crippen LogP contribution < -0.4 is 10.6 Å². The van der Waals surface area contributed by atoms with E-state index in [0.717, 1.165) is 16.1 Å². The summed E-state index contributed by atoms with van der Waals surface area (Å²) in [5, 5.41) is 16.3. The highest BCUT2D eigenvalue weighted by Gasteiger charge is 2.22. The molecule has 0 saturated heterocycles. The van der Waals surface area contributed by atoms with Crippen molar-refractivity contribution in [3.63, 3.8) is 0 Å². The number of hydrogen-bond donors (Lipinski definition) is 3. The molecule has 28 heavy (non-hydrogen) atoms. The predicted octanol–water partition coefficient (Wildman–Crippen LogP) is 2.55. The molecule has 2 rings (SSSR count). The highest BCUT2D eigenvalue weighted by atomic mass is 79.9. The van der Waals surface area contributed by atoms with Gasteiger partial charge in [-0.25, -0.2) is 8.78 Å². The minimum Gasteiger partial charge on any atom is -0.390 e. The summed E-state index contributed by atoms with van der Waals surface area (Å²) in [4.78, 5) is 11.9. The Balaban J connectivity index is 2.00. The van der Waals surface area contributed by atoms with E-state index in [1.54, 1.807) is 0 Å². The maximum absolute atomic E-state index is 13.5. The largest absolute Gasteiger partial charge is 0.390 e. The summed E-state index contributed by atoms with van der Waals surface area (Å²) in [6.45, 7) is 0.526. The number of aliphatic hydroxyl groups is 1. The Kier molecular flexibility index (Phi) is 8.98. The predicted molar refractivity (Wildman–Crippen MR) is 106 cm³/mol. The first-order valence-electron chi connectivity index (χ1n) is 8.74. The number of nitrogens with one attached hydrogen (secondary N) is 2. The van der Waals surface area contributed by atoms with Gasteiger partial charge >= 0.3 is 0 Å². The van der Waals surface area contributed by atoms with Gasteiger partial charge in [0.05, 0.1) is 12.1 Å². The second-order valence-electron chi connectivity index (χ2n) is 6.42. The van der Waals surface area contributed by atoms with Crippen molar-refractivity contribution in [2.75, 3.05) is 20.3 Å². The molecule has 0 unspecified atom stereocenters. The third-order valence-electron chi connectivity index (χ3n) is 4.04.